The summed E-state index contributed by atoms with van der Waals surface area (Å²) in [4.78, 5) is 2.46. The van der Waals surface area contributed by atoms with Crippen molar-refractivity contribution in [1.29, 1.82) is 0 Å². The summed E-state index contributed by atoms with van der Waals surface area (Å²) in [5, 5.41) is 0. The highest BCUT2D eigenvalue weighted by Gasteiger charge is 2.36. The average molecular weight is 520 g/mol. The van der Waals surface area contributed by atoms with Gasteiger partial charge in [0, 0.05) is 28.2 Å². The fourth-order valence-electron chi connectivity index (χ4n) is 7.29. The summed E-state index contributed by atoms with van der Waals surface area (Å²) in [5.74, 6) is 0. The Morgan fingerprint density at radius 3 is 1.48 bits per heavy atom. The van der Waals surface area contributed by atoms with Crippen LogP contribution in [0.15, 0.2) is 109 Å². The largest absolute Gasteiger partial charge is 0.339 e. The van der Waals surface area contributed by atoms with Crippen LogP contribution in [0, 0.1) is 0 Å². The van der Waals surface area contributed by atoms with Gasteiger partial charge in [0.15, 0.2) is 0 Å². The van der Waals surface area contributed by atoms with Gasteiger partial charge in [0.25, 0.3) is 0 Å². The first-order valence-electron chi connectivity index (χ1n) is 14.6. The Balaban J connectivity index is 1.23. The molecule has 5 aromatic rings. The first kappa shape index (κ1) is 24.9. The van der Waals surface area contributed by atoms with Crippen molar-refractivity contribution in [3.05, 3.63) is 131 Å². The molecule has 5 aromatic carbocycles. The number of nitrogens with zero attached hydrogens (tertiary/aromatic N) is 1. The molecule has 0 amide bonds. The Morgan fingerprint density at radius 2 is 0.900 bits per heavy atom. The molecule has 1 heteroatoms. The number of hydrogen-bond acceptors (Lipinski definition) is 1. The van der Waals surface area contributed by atoms with Crippen LogP contribution in [0.2, 0.25) is 0 Å². The summed E-state index contributed by atoms with van der Waals surface area (Å²) < 4.78 is 0. The predicted octanol–water partition coefficient (Wildman–Crippen LogP) is 10.5. The zero-order valence-corrected chi connectivity index (χ0v) is 24.4. The third kappa shape index (κ3) is 3.53. The summed E-state index contributed by atoms with van der Waals surface area (Å²) >= 11 is 0. The standard InChI is InChI=1S/C39H37N/c1-25(2)40(29-20-22-33-31-12-8-10-14-35(31)39(5,6)37(33)24-29)28-18-15-26(16-19-28)27-17-21-32-30-11-7-9-13-34(30)38(3,4)36(32)23-27/h7-25H,1-6H3. The predicted molar refractivity (Wildman–Crippen MR) is 171 cm³/mol. The summed E-state index contributed by atoms with van der Waals surface area (Å²) in [6.45, 7) is 14.0. The van der Waals surface area contributed by atoms with Gasteiger partial charge in [0.2, 0.25) is 0 Å². The molecular formula is C39H37N. The van der Waals surface area contributed by atoms with Gasteiger partial charge in [-0.1, -0.05) is 107 Å². The molecule has 0 N–H and O–H groups in total. The van der Waals surface area contributed by atoms with Crippen LogP contribution >= 0.6 is 0 Å². The summed E-state index contributed by atoms with van der Waals surface area (Å²) in [6.07, 6.45) is 0. The minimum Gasteiger partial charge on any atom is -0.339 e. The molecule has 0 heterocycles. The molecule has 0 unspecified atom stereocenters. The van der Waals surface area contributed by atoms with E-state index in [2.05, 4.69) is 156 Å². The molecule has 0 radical (unpaired) electrons. The monoisotopic (exact) mass is 519 g/mol. The van der Waals surface area contributed by atoms with E-state index in [0.29, 0.717) is 6.04 Å². The van der Waals surface area contributed by atoms with Crippen LogP contribution < -0.4 is 4.90 Å². The molecule has 0 aromatic heterocycles. The van der Waals surface area contributed by atoms with Crippen molar-refractivity contribution in [1.82, 2.24) is 0 Å². The molecule has 40 heavy (non-hydrogen) atoms. The normalized spacial score (nSPS) is 15.4. The number of rotatable bonds is 4. The van der Waals surface area contributed by atoms with E-state index in [1.165, 1.54) is 67.0 Å². The van der Waals surface area contributed by atoms with Gasteiger partial charge in [-0.05, 0) is 99.8 Å². The second-order valence-electron chi connectivity index (χ2n) is 12.8. The van der Waals surface area contributed by atoms with Crippen LogP contribution in [0.5, 0.6) is 0 Å². The van der Waals surface area contributed by atoms with Crippen LogP contribution in [0.3, 0.4) is 0 Å². The lowest BCUT2D eigenvalue weighted by molar-refractivity contribution is 0.659. The van der Waals surface area contributed by atoms with Gasteiger partial charge in [0.1, 0.15) is 0 Å². The Morgan fingerprint density at radius 1 is 0.450 bits per heavy atom. The molecule has 2 aliphatic rings. The Hall–Kier alpha value is -4.10. The van der Waals surface area contributed by atoms with E-state index in [9.17, 15) is 0 Å². The van der Waals surface area contributed by atoms with Crippen molar-refractivity contribution in [3.8, 4) is 33.4 Å². The van der Waals surface area contributed by atoms with Crippen molar-refractivity contribution in [2.45, 2.75) is 58.4 Å². The molecule has 0 fully saturated rings. The molecule has 0 bridgehead atoms. The number of benzene rings is 5. The lowest BCUT2D eigenvalue weighted by Gasteiger charge is -2.31. The molecule has 2 aliphatic carbocycles. The van der Waals surface area contributed by atoms with E-state index in [0.717, 1.165) is 0 Å². The molecular weight excluding hydrogens is 482 g/mol. The van der Waals surface area contributed by atoms with Crippen molar-refractivity contribution in [3.63, 3.8) is 0 Å². The second kappa shape index (κ2) is 8.70. The zero-order chi connectivity index (χ0) is 27.8. The molecule has 198 valence electrons. The molecule has 0 atom stereocenters. The minimum absolute atomic E-state index is 0.00452. The maximum atomic E-state index is 2.46. The second-order valence-corrected chi connectivity index (χ2v) is 12.8. The maximum Gasteiger partial charge on any atom is 0.0416 e. The van der Waals surface area contributed by atoms with Crippen molar-refractivity contribution < 1.29 is 0 Å². The molecule has 0 aliphatic heterocycles. The van der Waals surface area contributed by atoms with Gasteiger partial charge in [-0.2, -0.15) is 0 Å². The maximum absolute atomic E-state index is 2.46. The van der Waals surface area contributed by atoms with Crippen LogP contribution in [0.1, 0.15) is 63.8 Å². The van der Waals surface area contributed by atoms with Gasteiger partial charge in [-0.25, -0.2) is 0 Å². The topological polar surface area (TPSA) is 3.24 Å². The van der Waals surface area contributed by atoms with E-state index in [-0.39, 0.29) is 10.8 Å². The highest BCUT2D eigenvalue weighted by Crippen LogP contribution is 2.51. The first-order valence-corrected chi connectivity index (χ1v) is 14.6. The van der Waals surface area contributed by atoms with Gasteiger partial charge in [-0.3, -0.25) is 0 Å². The lowest BCUT2D eigenvalue weighted by atomic mass is 9.81. The lowest BCUT2D eigenvalue weighted by Crippen LogP contribution is -2.26. The van der Waals surface area contributed by atoms with Gasteiger partial charge >= 0.3 is 0 Å². The van der Waals surface area contributed by atoms with E-state index >= 15 is 0 Å². The SMILES string of the molecule is CC(C)N(c1ccc(-c2ccc3c(c2)C(C)(C)c2ccccc2-3)cc1)c1ccc2c(c1)C(C)(C)c1ccccc1-2. The van der Waals surface area contributed by atoms with Crippen LogP contribution in [-0.4, -0.2) is 6.04 Å². The van der Waals surface area contributed by atoms with Crippen molar-refractivity contribution in [2.24, 2.45) is 0 Å². The highest BCUT2D eigenvalue weighted by atomic mass is 15.2. The van der Waals surface area contributed by atoms with Gasteiger partial charge in [0.05, 0.1) is 0 Å². The summed E-state index contributed by atoms with van der Waals surface area (Å²) in [5.41, 5.74) is 16.2. The Kier molecular flexibility index (Phi) is 5.42. The first-order chi connectivity index (χ1) is 19.2. The van der Waals surface area contributed by atoms with Crippen LogP contribution in [0.4, 0.5) is 11.4 Å². The summed E-state index contributed by atoms with van der Waals surface area (Å²) in [7, 11) is 0. The molecule has 7 rings (SSSR count). The zero-order valence-electron chi connectivity index (χ0n) is 24.4. The fourth-order valence-corrected chi connectivity index (χ4v) is 7.29. The number of hydrogen-bond donors (Lipinski definition) is 0. The van der Waals surface area contributed by atoms with Gasteiger partial charge in [-0.15, -0.1) is 0 Å². The van der Waals surface area contributed by atoms with E-state index < -0.39 is 0 Å². The Bertz CT molecular complexity index is 1770. The van der Waals surface area contributed by atoms with Crippen molar-refractivity contribution >= 4 is 11.4 Å². The smallest absolute Gasteiger partial charge is 0.0416 e. The van der Waals surface area contributed by atoms with Gasteiger partial charge < -0.3 is 4.90 Å². The molecule has 0 saturated carbocycles. The summed E-state index contributed by atoms with van der Waals surface area (Å²) in [6, 6.07) is 41.2. The minimum atomic E-state index is -0.00452. The third-order valence-electron chi connectivity index (χ3n) is 9.42. The van der Waals surface area contributed by atoms with Crippen LogP contribution in [0.25, 0.3) is 33.4 Å². The quantitative estimate of drug-likeness (QED) is 0.228. The number of fused-ring (bicyclic) bond motifs is 6. The number of anilines is 2. The van der Waals surface area contributed by atoms with Crippen LogP contribution in [-0.2, 0) is 10.8 Å². The fraction of sp³-hybridized carbons (Fsp3) is 0.231. The molecule has 0 spiro atoms. The van der Waals surface area contributed by atoms with E-state index in [1.54, 1.807) is 0 Å². The van der Waals surface area contributed by atoms with Crippen molar-refractivity contribution in [2.75, 3.05) is 4.90 Å². The highest BCUT2D eigenvalue weighted by molar-refractivity contribution is 5.85. The average Bonchev–Trinajstić information content (AvgIpc) is 3.33. The van der Waals surface area contributed by atoms with E-state index in [4.69, 9.17) is 0 Å². The Labute approximate surface area is 239 Å². The molecule has 1 nitrogen and oxygen atoms in total. The third-order valence-corrected chi connectivity index (χ3v) is 9.42. The molecule has 0 saturated heterocycles. The van der Waals surface area contributed by atoms with E-state index in [1.807, 2.05) is 0 Å².